The van der Waals surface area contributed by atoms with E-state index < -0.39 is 28.8 Å². The number of fused-ring (bicyclic) bond motifs is 1. The van der Waals surface area contributed by atoms with Gasteiger partial charge in [-0.15, -0.1) is 0 Å². The Morgan fingerprint density at radius 3 is 2.69 bits per heavy atom. The Morgan fingerprint density at radius 1 is 1.24 bits per heavy atom. The van der Waals surface area contributed by atoms with Crippen LogP contribution in [0, 0.1) is 11.2 Å². The van der Waals surface area contributed by atoms with Gasteiger partial charge in [-0.3, -0.25) is 10.2 Å². The summed E-state index contributed by atoms with van der Waals surface area (Å²) in [6.45, 7) is 0. The number of aliphatic imine (C=N–C) groups is 1. The molecule has 0 radical (unpaired) electrons. The Labute approximate surface area is 169 Å². The lowest BCUT2D eigenvalue weighted by Crippen LogP contribution is -2.35. The number of carbonyl (C=O) groups is 1. The molecule has 4 rings (SSSR count). The standard InChI is InChI=1S/C17H7ClF4N4O2S/c18-10-5-7(1-3-11(10)19)12-4-2-8(28-12)6-9-13(23)26-16(24-14(9)27)29-15(25-26)17(20,21)22/h1-6,23H. The van der Waals surface area contributed by atoms with E-state index in [0.717, 1.165) is 6.07 Å². The van der Waals surface area contributed by atoms with Crippen LogP contribution in [0.15, 0.2) is 50.4 Å². The highest BCUT2D eigenvalue weighted by atomic mass is 35.5. The van der Waals surface area contributed by atoms with Gasteiger partial charge in [0.25, 0.3) is 5.91 Å². The van der Waals surface area contributed by atoms with Gasteiger partial charge in [-0.25, -0.2) is 4.39 Å². The summed E-state index contributed by atoms with van der Waals surface area (Å²) < 4.78 is 57.4. The van der Waals surface area contributed by atoms with E-state index in [1.54, 1.807) is 0 Å². The maximum absolute atomic E-state index is 13.3. The average molecular weight is 443 g/mol. The van der Waals surface area contributed by atoms with Crippen LogP contribution in [0.25, 0.3) is 17.4 Å². The second-order valence-corrected chi connectivity index (χ2v) is 7.12. The van der Waals surface area contributed by atoms with Crippen LogP contribution in [-0.4, -0.2) is 33.1 Å². The molecule has 1 N–H and O–H groups in total. The minimum absolute atomic E-state index is 0.102. The van der Waals surface area contributed by atoms with Crippen molar-refractivity contribution >= 4 is 51.4 Å². The zero-order valence-corrected chi connectivity index (χ0v) is 15.5. The first-order chi connectivity index (χ1) is 13.6. The first-order valence-electron chi connectivity index (χ1n) is 7.76. The van der Waals surface area contributed by atoms with Gasteiger partial charge in [-0.1, -0.05) is 11.6 Å². The van der Waals surface area contributed by atoms with E-state index in [1.807, 2.05) is 0 Å². The molecule has 1 aromatic heterocycles. The fourth-order valence-electron chi connectivity index (χ4n) is 2.48. The van der Waals surface area contributed by atoms with Crippen molar-refractivity contribution in [1.29, 1.82) is 5.41 Å². The number of hydrogen-bond donors (Lipinski definition) is 1. The number of hydrazone groups is 1. The van der Waals surface area contributed by atoms with E-state index in [9.17, 15) is 22.4 Å². The lowest BCUT2D eigenvalue weighted by Gasteiger charge is -2.19. The summed E-state index contributed by atoms with van der Waals surface area (Å²) >= 11 is 5.91. The minimum atomic E-state index is -4.72. The van der Waals surface area contributed by atoms with E-state index in [1.165, 1.54) is 30.3 Å². The number of benzene rings is 1. The van der Waals surface area contributed by atoms with Crippen LogP contribution in [-0.2, 0) is 4.79 Å². The summed E-state index contributed by atoms with van der Waals surface area (Å²) in [5, 5.41) is 10.3. The van der Waals surface area contributed by atoms with Crippen molar-refractivity contribution in [3.05, 3.63) is 52.5 Å². The lowest BCUT2D eigenvalue weighted by molar-refractivity contribution is -0.114. The molecule has 1 amide bonds. The SMILES string of the molecule is N=C1C(=Cc2ccc(-c3ccc(F)c(Cl)c3)o2)C(=O)N=C2SC(C(F)(F)F)=NN12. The zero-order valence-electron chi connectivity index (χ0n) is 13.9. The molecule has 148 valence electrons. The number of nitrogens with zero attached hydrogens (tertiary/aromatic N) is 3. The van der Waals surface area contributed by atoms with Gasteiger partial charge in [0, 0.05) is 5.56 Å². The highest BCUT2D eigenvalue weighted by molar-refractivity contribution is 8.27. The highest BCUT2D eigenvalue weighted by Gasteiger charge is 2.46. The van der Waals surface area contributed by atoms with Crippen molar-refractivity contribution in [2.24, 2.45) is 10.1 Å². The predicted octanol–water partition coefficient (Wildman–Crippen LogP) is 4.92. The molecule has 0 spiro atoms. The number of halogens is 5. The van der Waals surface area contributed by atoms with Crippen molar-refractivity contribution in [3.8, 4) is 11.3 Å². The third-order valence-electron chi connectivity index (χ3n) is 3.81. The van der Waals surface area contributed by atoms with Gasteiger partial charge in [-0.2, -0.15) is 28.3 Å². The predicted molar refractivity (Wildman–Crippen MR) is 100 cm³/mol. The molecule has 2 aliphatic heterocycles. The largest absolute Gasteiger partial charge is 0.457 e. The average Bonchev–Trinajstić information content (AvgIpc) is 3.28. The summed E-state index contributed by atoms with van der Waals surface area (Å²) in [6, 6.07) is 6.97. The Kier molecular flexibility index (Phi) is 4.58. The Hall–Kier alpha value is -2.92. The summed E-state index contributed by atoms with van der Waals surface area (Å²) in [4.78, 5) is 15.8. The molecular formula is C17H7ClF4N4O2S. The topological polar surface area (TPSA) is 82.0 Å². The number of hydrogen-bond acceptors (Lipinski definition) is 5. The molecule has 0 saturated carbocycles. The second-order valence-electron chi connectivity index (χ2n) is 5.75. The number of carbonyl (C=O) groups excluding carboxylic acids is 1. The maximum Gasteiger partial charge on any atom is 0.441 e. The zero-order chi connectivity index (χ0) is 20.9. The molecule has 2 aromatic rings. The van der Waals surface area contributed by atoms with Crippen LogP contribution in [0.3, 0.4) is 0 Å². The van der Waals surface area contributed by atoms with Crippen LogP contribution < -0.4 is 0 Å². The number of thioether (sulfide) groups is 1. The Balaban J connectivity index is 1.65. The third kappa shape index (κ3) is 3.58. The smallest absolute Gasteiger partial charge is 0.441 e. The van der Waals surface area contributed by atoms with Crippen molar-refractivity contribution < 1.29 is 26.8 Å². The van der Waals surface area contributed by atoms with Crippen LogP contribution in [0.1, 0.15) is 5.76 Å². The number of amidine groups is 2. The summed E-state index contributed by atoms with van der Waals surface area (Å²) in [5.41, 5.74) is 0.182. The first-order valence-corrected chi connectivity index (χ1v) is 8.95. The number of alkyl halides is 3. The van der Waals surface area contributed by atoms with Gasteiger partial charge in [0.05, 0.1) is 10.6 Å². The van der Waals surface area contributed by atoms with Gasteiger partial charge >= 0.3 is 6.18 Å². The minimum Gasteiger partial charge on any atom is -0.457 e. The fourth-order valence-corrected chi connectivity index (χ4v) is 3.42. The molecule has 0 saturated heterocycles. The molecule has 12 heteroatoms. The summed E-state index contributed by atoms with van der Waals surface area (Å²) in [5.74, 6) is -1.60. The second kappa shape index (κ2) is 6.85. The highest BCUT2D eigenvalue weighted by Crippen LogP contribution is 2.35. The molecule has 0 fully saturated rings. The Bertz CT molecular complexity index is 1150. The van der Waals surface area contributed by atoms with Crippen molar-refractivity contribution in [2.75, 3.05) is 0 Å². The number of rotatable bonds is 2. The molecular weight excluding hydrogens is 436 g/mol. The van der Waals surface area contributed by atoms with Crippen LogP contribution in [0.5, 0.6) is 0 Å². The molecule has 0 bridgehead atoms. The number of nitrogens with one attached hydrogen (secondary N) is 1. The van der Waals surface area contributed by atoms with Crippen LogP contribution in [0.4, 0.5) is 17.6 Å². The molecule has 1 aromatic carbocycles. The van der Waals surface area contributed by atoms with E-state index in [4.69, 9.17) is 21.4 Å². The van der Waals surface area contributed by atoms with E-state index in [2.05, 4.69) is 10.1 Å². The van der Waals surface area contributed by atoms with E-state index in [0.29, 0.717) is 16.3 Å². The third-order valence-corrected chi connectivity index (χ3v) is 5.06. The van der Waals surface area contributed by atoms with Crippen molar-refractivity contribution in [3.63, 3.8) is 0 Å². The summed E-state index contributed by atoms with van der Waals surface area (Å²) in [6.07, 6.45) is -3.55. The molecule has 6 nitrogen and oxygen atoms in total. The van der Waals surface area contributed by atoms with E-state index in [-0.39, 0.29) is 33.3 Å². The first kappa shape index (κ1) is 19.4. The number of furan rings is 1. The lowest BCUT2D eigenvalue weighted by atomic mass is 10.1. The van der Waals surface area contributed by atoms with Gasteiger partial charge in [0.2, 0.25) is 10.2 Å². The van der Waals surface area contributed by atoms with Gasteiger partial charge in [0.1, 0.15) is 17.3 Å². The molecule has 0 unspecified atom stereocenters. The number of amides is 1. The Morgan fingerprint density at radius 2 is 2.00 bits per heavy atom. The molecule has 3 heterocycles. The fraction of sp³-hybridized carbons (Fsp3) is 0.0588. The van der Waals surface area contributed by atoms with Crippen molar-refractivity contribution in [1.82, 2.24) is 5.01 Å². The van der Waals surface area contributed by atoms with Gasteiger partial charge in [-0.05, 0) is 48.2 Å². The molecule has 0 atom stereocenters. The van der Waals surface area contributed by atoms with Gasteiger partial charge < -0.3 is 4.42 Å². The quantitative estimate of drug-likeness (QED) is 0.528. The molecule has 29 heavy (non-hydrogen) atoms. The van der Waals surface area contributed by atoms with E-state index >= 15 is 0 Å². The normalized spacial score (nSPS) is 18.2. The summed E-state index contributed by atoms with van der Waals surface area (Å²) in [7, 11) is 0. The molecule has 0 aliphatic carbocycles. The van der Waals surface area contributed by atoms with Crippen molar-refractivity contribution in [2.45, 2.75) is 6.18 Å². The van der Waals surface area contributed by atoms with Crippen LogP contribution in [0.2, 0.25) is 5.02 Å². The van der Waals surface area contributed by atoms with Gasteiger partial charge in [0.15, 0.2) is 5.84 Å². The maximum atomic E-state index is 13.3. The molecule has 2 aliphatic rings. The van der Waals surface area contributed by atoms with Crippen LogP contribution >= 0.6 is 23.4 Å². The monoisotopic (exact) mass is 442 g/mol.